The third kappa shape index (κ3) is 3.43. The summed E-state index contributed by atoms with van der Waals surface area (Å²) in [6.07, 6.45) is 0.0333. The van der Waals surface area contributed by atoms with Crippen molar-refractivity contribution in [1.82, 2.24) is 9.97 Å². The molecule has 0 aromatic carbocycles. The lowest BCUT2D eigenvalue weighted by molar-refractivity contribution is -0.0819. The van der Waals surface area contributed by atoms with Crippen LogP contribution in [-0.4, -0.2) is 49.5 Å². The minimum absolute atomic E-state index is 0.0333. The third-order valence-electron chi connectivity index (χ3n) is 2.32. The number of nitrogen functional groups attached to an aromatic ring is 1. The van der Waals surface area contributed by atoms with Crippen LogP contribution in [0, 0.1) is 0 Å². The zero-order valence-electron chi connectivity index (χ0n) is 9.68. The normalized spacial score (nSPS) is 19.9. The average Bonchev–Trinajstić information content (AvgIpc) is 2.37. The Hall–Kier alpha value is -1.60. The maximum atomic E-state index is 5.55. The number of hydrogen-bond acceptors (Lipinski definition) is 7. The van der Waals surface area contributed by atoms with Gasteiger partial charge >= 0.3 is 0 Å². The molecule has 1 fully saturated rings. The van der Waals surface area contributed by atoms with Gasteiger partial charge in [-0.25, -0.2) is 0 Å². The molecule has 1 aromatic heterocycles. The minimum atomic E-state index is 0.0333. The molecule has 1 aliphatic heterocycles. The van der Waals surface area contributed by atoms with Gasteiger partial charge in [0, 0.05) is 12.6 Å². The molecule has 1 unspecified atom stereocenters. The number of methoxy groups -OCH3 is 1. The van der Waals surface area contributed by atoms with E-state index in [0.717, 1.165) is 0 Å². The third-order valence-corrected chi connectivity index (χ3v) is 2.32. The molecule has 17 heavy (non-hydrogen) atoms. The lowest BCUT2D eigenvalue weighted by Crippen LogP contribution is -2.34. The van der Waals surface area contributed by atoms with Gasteiger partial charge in [0.1, 0.15) is 5.82 Å². The van der Waals surface area contributed by atoms with E-state index in [2.05, 4.69) is 15.3 Å². The topological polar surface area (TPSA) is 91.5 Å². The number of rotatable bonds is 4. The predicted octanol–water partition coefficient (Wildman–Crippen LogP) is -0.105. The minimum Gasteiger partial charge on any atom is -0.481 e. The number of nitrogens with zero attached hydrogens (tertiary/aromatic N) is 2. The smallest absolute Gasteiger partial charge is 0.225 e. The van der Waals surface area contributed by atoms with Crippen LogP contribution < -0.4 is 15.8 Å². The Labute approximate surface area is 99.3 Å². The van der Waals surface area contributed by atoms with E-state index in [9.17, 15) is 0 Å². The molecule has 3 N–H and O–H groups in total. The van der Waals surface area contributed by atoms with Gasteiger partial charge in [-0.05, 0) is 0 Å². The number of nitrogens with one attached hydrogen (secondary N) is 1. The summed E-state index contributed by atoms with van der Waals surface area (Å²) in [5, 5.41) is 3.11. The molecule has 2 heterocycles. The maximum Gasteiger partial charge on any atom is 0.225 e. The fourth-order valence-electron chi connectivity index (χ4n) is 1.51. The summed E-state index contributed by atoms with van der Waals surface area (Å²) in [4.78, 5) is 7.94. The highest BCUT2D eigenvalue weighted by atomic mass is 16.6. The molecular formula is C10H16N4O3. The van der Waals surface area contributed by atoms with E-state index in [-0.39, 0.29) is 12.1 Å². The Morgan fingerprint density at radius 1 is 1.53 bits per heavy atom. The summed E-state index contributed by atoms with van der Waals surface area (Å²) in [5.74, 6) is 1.22. The fourth-order valence-corrected chi connectivity index (χ4v) is 1.51. The zero-order chi connectivity index (χ0) is 12.1. The van der Waals surface area contributed by atoms with Crippen molar-refractivity contribution in [2.45, 2.75) is 6.10 Å². The highest BCUT2D eigenvalue weighted by Crippen LogP contribution is 2.14. The van der Waals surface area contributed by atoms with E-state index < -0.39 is 0 Å². The number of nitrogens with two attached hydrogens (primary N) is 1. The first-order chi connectivity index (χ1) is 8.28. The summed E-state index contributed by atoms with van der Waals surface area (Å²) < 4.78 is 15.8. The Morgan fingerprint density at radius 2 is 2.41 bits per heavy atom. The average molecular weight is 240 g/mol. The fraction of sp³-hybridized carbons (Fsp3) is 0.600. The standard InChI is InChI=1S/C10H16N4O3/c1-15-9-4-8(13-10(11)14-9)12-5-7-6-16-2-3-17-7/h4,7H,2-3,5-6H2,1H3,(H3,11,12,13,14). The van der Waals surface area contributed by atoms with Crippen molar-refractivity contribution < 1.29 is 14.2 Å². The number of aromatic nitrogens is 2. The molecule has 94 valence electrons. The van der Waals surface area contributed by atoms with Crippen LogP contribution in [0.4, 0.5) is 11.8 Å². The van der Waals surface area contributed by atoms with E-state index in [1.54, 1.807) is 6.07 Å². The molecule has 1 aliphatic rings. The first-order valence-corrected chi connectivity index (χ1v) is 5.39. The van der Waals surface area contributed by atoms with Crippen molar-refractivity contribution in [3.63, 3.8) is 0 Å². The monoisotopic (exact) mass is 240 g/mol. The van der Waals surface area contributed by atoms with Crippen LogP contribution in [-0.2, 0) is 9.47 Å². The van der Waals surface area contributed by atoms with Gasteiger partial charge in [0.05, 0.1) is 33.0 Å². The lowest BCUT2D eigenvalue weighted by Gasteiger charge is -2.23. The Balaban J connectivity index is 1.91. The van der Waals surface area contributed by atoms with Gasteiger partial charge in [-0.2, -0.15) is 9.97 Å². The largest absolute Gasteiger partial charge is 0.481 e. The highest BCUT2D eigenvalue weighted by Gasteiger charge is 2.14. The van der Waals surface area contributed by atoms with Crippen LogP contribution in [0.3, 0.4) is 0 Å². The molecule has 0 bridgehead atoms. The van der Waals surface area contributed by atoms with Crippen LogP contribution in [0.25, 0.3) is 0 Å². The quantitative estimate of drug-likeness (QED) is 0.759. The first-order valence-electron chi connectivity index (χ1n) is 5.39. The lowest BCUT2D eigenvalue weighted by atomic mass is 10.3. The van der Waals surface area contributed by atoms with Gasteiger partial charge < -0.3 is 25.3 Å². The van der Waals surface area contributed by atoms with Gasteiger partial charge in [-0.3, -0.25) is 0 Å². The molecule has 7 heteroatoms. The predicted molar refractivity (Wildman–Crippen MR) is 62.0 cm³/mol. The molecule has 0 amide bonds. The summed E-state index contributed by atoms with van der Waals surface area (Å²) in [6, 6.07) is 1.68. The Morgan fingerprint density at radius 3 is 3.12 bits per heavy atom. The second-order valence-corrected chi connectivity index (χ2v) is 3.60. The molecule has 0 aliphatic carbocycles. The second-order valence-electron chi connectivity index (χ2n) is 3.60. The van der Waals surface area contributed by atoms with Gasteiger partial charge in [-0.15, -0.1) is 0 Å². The Bertz CT molecular complexity index is 369. The molecule has 1 atom stereocenters. The summed E-state index contributed by atoms with van der Waals surface area (Å²) >= 11 is 0. The molecule has 0 saturated carbocycles. The molecule has 2 rings (SSSR count). The van der Waals surface area contributed by atoms with Crippen molar-refractivity contribution in [1.29, 1.82) is 0 Å². The van der Waals surface area contributed by atoms with Crippen LogP contribution in [0.1, 0.15) is 0 Å². The first kappa shape index (κ1) is 11.9. The van der Waals surface area contributed by atoms with E-state index in [4.69, 9.17) is 19.9 Å². The SMILES string of the molecule is COc1cc(NCC2COCCO2)nc(N)n1. The van der Waals surface area contributed by atoms with Crippen LogP contribution in [0.2, 0.25) is 0 Å². The van der Waals surface area contributed by atoms with Crippen molar-refractivity contribution in [3.8, 4) is 5.88 Å². The van der Waals surface area contributed by atoms with Crippen molar-refractivity contribution >= 4 is 11.8 Å². The maximum absolute atomic E-state index is 5.55. The zero-order valence-corrected chi connectivity index (χ0v) is 9.68. The molecule has 1 aromatic rings. The van der Waals surface area contributed by atoms with Gasteiger partial charge in [0.15, 0.2) is 0 Å². The molecule has 1 saturated heterocycles. The summed E-state index contributed by atoms with van der Waals surface area (Å²) in [6.45, 7) is 2.48. The van der Waals surface area contributed by atoms with Crippen LogP contribution >= 0.6 is 0 Å². The van der Waals surface area contributed by atoms with Crippen molar-refractivity contribution in [2.24, 2.45) is 0 Å². The van der Waals surface area contributed by atoms with Crippen molar-refractivity contribution in [2.75, 3.05) is 44.5 Å². The molecule has 7 nitrogen and oxygen atoms in total. The van der Waals surface area contributed by atoms with Gasteiger partial charge in [0.25, 0.3) is 0 Å². The summed E-state index contributed by atoms with van der Waals surface area (Å²) in [7, 11) is 1.53. The van der Waals surface area contributed by atoms with Gasteiger partial charge in [-0.1, -0.05) is 0 Å². The number of anilines is 2. The number of hydrogen-bond donors (Lipinski definition) is 2. The Kier molecular flexibility index (Phi) is 3.94. The van der Waals surface area contributed by atoms with E-state index in [1.165, 1.54) is 7.11 Å². The van der Waals surface area contributed by atoms with E-state index >= 15 is 0 Å². The summed E-state index contributed by atoms with van der Waals surface area (Å²) in [5.41, 5.74) is 5.55. The van der Waals surface area contributed by atoms with Crippen LogP contribution in [0.5, 0.6) is 5.88 Å². The molecule has 0 spiro atoms. The van der Waals surface area contributed by atoms with E-state index in [1.807, 2.05) is 0 Å². The van der Waals surface area contributed by atoms with E-state index in [0.29, 0.717) is 38.1 Å². The van der Waals surface area contributed by atoms with Crippen molar-refractivity contribution in [3.05, 3.63) is 6.07 Å². The highest BCUT2D eigenvalue weighted by molar-refractivity contribution is 5.42. The van der Waals surface area contributed by atoms with Gasteiger partial charge in [0.2, 0.25) is 11.8 Å². The molecule has 0 radical (unpaired) electrons. The molecular weight excluding hydrogens is 224 g/mol. The second kappa shape index (κ2) is 5.65. The number of ether oxygens (including phenoxy) is 3. The van der Waals surface area contributed by atoms with Crippen LogP contribution in [0.15, 0.2) is 6.07 Å².